The van der Waals surface area contributed by atoms with Crippen molar-refractivity contribution < 1.29 is 22.7 Å². The number of para-hydroxylation sites is 2. The summed E-state index contributed by atoms with van der Waals surface area (Å²) in [6.45, 7) is 5.30. The minimum atomic E-state index is -4.18. The van der Waals surface area contributed by atoms with Gasteiger partial charge in [-0.2, -0.15) is 0 Å². The van der Waals surface area contributed by atoms with Crippen LogP contribution in [0.25, 0.3) is 0 Å². The summed E-state index contributed by atoms with van der Waals surface area (Å²) in [5.74, 6) is -0.544. The van der Waals surface area contributed by atoms with E-state index in [1.165, 1.54) is 35.8 Å². The van der Waals surface area contributed by atoms with Crippen LogP contribution in [0.5, 0.6) is 5.75 Å². The molecule has 39 heavy (non-hydrogen) atoms. The molecule has 0 spiro atoms. The molecule has 3 aromatic rings. The van der Waals surface area contributed by atoms with Gasteiger partial charge >= 0.3 is 0 Å². The maximum absolute atomic E-state index is 14.0. The molecule has 0 bridgehead atoms. The molecule has 0 unspecified atom stereocenters. The number of likely N-dealkylation sites (N-methyl/N-ethyl adjacent to an activating group) is 1. The summed E-state index contributed by atoms with van der Waals surface area (Å²) in [7, 11) is -2.68. The van der Waals surface area contributed by atoms with Crippen LogP contribution in [-0.2, 0) is 26.2 Å². The average Bonchev–Trinajstić information content (AvgIpc) is 2.94. The van der Waals surface area contributed by atoms with E-state index in [4.69, 9.17) is 4.74 Å². The van der Waals surface area contributed by atoms with E-state index in [1.807, 2.05) is 37.4 Å². The van der Waals surface area contributed by atoms with Crippen molar-refractivity contribution in [2.75, 3.05) is 30.8 Å². The van der Waals surface area contributed by atoms with E-state index in [2.05, 4.69) is 5.32 Å². The normalized spacial score (nSPS) is 11.9. The van der Waals surface area contributed by atoms with E-state index < -0.39 is 28.5 Å². The fourth-order valence-corrected chi connectivity index (χ4v) is 5.96. The Balaban J connectivity index is 2.09. The van der Waals surface area contributed by atoms with Crippen molar-refractivity contribution >= 4 is 39.3 Å². The monoisotopic (exact) mass is 569 g/mol. The van der Waals surface area contributed by atoms with Crippen molar-refractivity contribution in [3.8, 4) is 5.75 Å². The number of anilines is 1. The predicted octanol–water partition coefficient (Wildman–Crippen LogP) is 4.47. The van der Waals surface area contributed by atoms with Crippen LogP contribution in [0.2, 0.25) is 0 Å². The van der Waals surface area contributed by atoms with Crippen LogP contribution < -0.4 is 14.4 Å². The summed E-state index contributed by atoms with van der Waals surface area (Å²) in [6, 6.07) is 20.0. The van der Waals surface area contributed by atoms with E-state index in [0.717, 1.165) is 20.3 Å². The summed E-state index contributed by atoms with van der Waals surface area (Å²) in [5.41, 5.74) is 2.08. The lowest BCUT2D eigenvalue weighted by Gasteiger charge is -2.32. The van der Waals surface area contributed by atoms with E-state index in [0.29, 0.717) is 12.4 Å². The van der Waals surface area contributed by atoms with Crippen molar-refractivity contribution in [3.63, 3.8) is 0 Å². The van der Waals surface area contributed by atoms with Crippen molar-refractivity contribution in [3.05, 3.63) is 83.9 Å². The topological polar surface area (TPSA) is 96.0 Å². The highest BCUT2D eigenvalue weighted by Gasteiger charge is 2.33. The zero-order chi connectivity index (χ0) is 28.6. The molecular formula is C29H35N3O5S2. The van der Waals surface area contributed by atoms with E-state index in [-0.39, 0.29) is 23.0 Å². The van der Waals surface area contributed by atoms with Crippen molar-refractivity contribution in [2.45, 2.75) is 43.1 Å². The van der Waals surface area contributed by atoms with Gasteiger partial charge in [0.15, 0.2) is 0 Å². The van der Waals surface area contributed by atoms with E-state index >= 15 is 0 Å². The molecule has 1 atom stereocenters. The van der Waals surface area contributed by atoms with Crippen LogP contribution in [-0.4, -0.2) is 57.6 Å². The number of ether oxygens (including phenoxy) is 1. The third-order valence-corrected chi connectivity index (χ3v) is 8.73. The minimum absolute atomic E-state index is 0.0454. The third-order valence-electron chi connectivity index (χ3n) is 6.21. The Bertz CT molecular complexity index is 1390. The number of sulfonamides is 1. The maximum atomic E-state index is 14.0. The molecule has 0 saturated carbocycles. The Labute approximate surface area is 235 Å². The lowest BCUT2D eigenvalue weighted by molar-refractivity contribution is -0.139. The molecular weight excluding hydrogens is 534 g/mol. The zero-order valence-electron chi connectivity index (χ0n) is 22.9. The van der Waals surface area contributed by atoms with Crippen LogP contribution in [0.4, 0.5) is 5.69 Å². The molecule has 208 valence electrons. The molecule has 0 radical (unpaired) electrons. The maximum Gasteiger partial charge on any atom is 0.264 e. The Morgan fingerprint density at radius 1 is 1.03 bits per heavy atom. The second-order valence-corrected chi connectivity index (χ2v) is 11.6. The van der Waals surface area contributed by atoms with Gasteiger partial charge in [0.25, 0.3) is 10.0 Å². The highest BCUT2D eigenvalue weighted by atomic mass is 32.2. The quantitative estimate of drug-likeness (QED) is 0.323. The Kier molecular flexibility index (Phi) is 10.4. The molecule has 0 aliphatic heterocycles. The summed E-state index contributed by atoms with van der Waals surface area (Å²) >= 11 is 1.50. The van der Waals surface area contributed by atoms with Crippen LogP contribution in [0, 0.1) is 6.92 Å². The number of rotatable bonds is 12. The van der Waals surface area contributed by atoms with Gasteiger partial charge in [-0.25, -0.2) is 8.42 Å². The summed E-state index contributed by atoms with van der Waals surface area (Å²) < 4.78 is 34.9. The minimum Gasteiger partial charge on any atom is -0.492 e. The van der Waals surface area contributed by atoms with Crippen LogP contribution in [0.15, 0.2) is 82.6 Å². The van der Waals surface area contributed by atoms with E-state index in [1.54, 1.807) is 50.2 Å². The van der Waals surface area contributed by atoms with Gasteiger partial charge in [0.05, 0.1) is 17.2 Å². The molecule has 8 nitrogen and oxygen atoms in total. The zero-order valence-corrected chi connectivity index (χ0v) is 24.5. The number of benzene rings is 3. The second-order valence-electron chi connectivity index (χ2n) is 8.89. The first-order chi connectivity index (χ1) is 18.6. The number of nitrogens with one attached hydrogen (secondary N) is 1. The molecule has 0 aromatic heterocycles. The summed E-state index contributed by atoms with van der Waals surface area (Å²) in [5, 5.41) is 2.59. The Morgan fingerprint density at radius 2 is 1.72 bits per heavy atom. The standard InChI is InChI=1S/C29H35N3O5S2/c1-6-37-27-13-8-7-12-26(27)32(39(35,36)25-16-14-24(38-5)15-17-25)20-28(33)31(22(3)29(34)30-4)19-23-11-9-10-21(2)18-23/h7-18,22H,6,19-20H2,1-5H3,(H,30,34)/t22-/m0/s1. The summed E-state index contributed by atoms with van der Waals surface area (Å²) in [4.78, 5) is 28.9. The van der Waals surface area contributed by atoms with Crippen LogP contribution >= 0.6 is 11.8 Å². The summed E-state index contributed by atoms with van der Waals surface area (Å²) in [6.07, 6.45) is 1.91. The van der Waals surface area contributed by atoms with Gasteiger partial charge in [-0.3, -0.25) is 13.9 Å². The van der Waals surface area contributed by atoms with Gasteiger partial charge in [0.1, 0.15) is 18.3 Å². The van der Waals surface area contributed by atoms with Crippen LogP contribution in [0.1, 0.15) is 25.0 Å². The number of carbonyl (C=O) groups is 2. The molecule has 2 amide bonds. The first-order valence-corrected chi connectivity index (χ1v) is 15.2. The number of nitrogens with zero attached hydrogens (tertiary/aromatic N) is 2. The third kappa shape index (κ3) is 7.33. The van der Waals surface area contributed by atoms with Crippen molar-refractivity contribution in [1.29, 1.82) is 0 Å². The lowest BCUT2D eigenvalue weighted by Crippen LogP contribution is -2.50. The molecule has 0 fully saturated rings. The van der Waals surface area contributed by atoms with Gasteiger partial charge in [0, 0.05) is 18.5 Å². The average molecular weight is 570 g/mol. The second kappa shape index (κ2) is 13.5. The fourth-order valence-electron chi connectivity index (χ4n) is 4.13. The molecule has 3 aromatic carbocycles. The number of aryl methyl sites for hydroxylation is 1. The molecule has 0 aliphatic rings. The molecule has 0 aliphatic carbocycles. The first kappa shape index (κ1) is 30.0. The van der Waals surface area contributed by atoms with Crippen molar-refractivity contribution in [1.82, 2.24) is 10.2 Å². The van der Waals surface area contributed by atoms with Gasteiger partial charge in [-0.05, 0) is 69.0 Å². The Morgan fingerprint density at radius 3 is 2.33 bits per heavy atom. The van der Waals surface area contributed by atoms with Gasteiger partial charge in [0.2, 0.25) is 11.8 Å². The van der Waals surface area contributed by atoms with Gasteiger partial charge in [-0.15, -0.1) is 11.8 Å². The van der Waals surface area contributed by atoms with E-state index in [9.17, 15) is 18.0 Å². The molecule has 10 heteroatoms. The number of amides is 2. The Hall–Kier alpha value is -3.50. The van der Waals surface area contributed by atoms with Gasteiger partial charge < -0.3 is 15.0 Å². The number of hydrogen-bond donors (Lipinski definition) is 1. The number of thioether (sulfide) groups is 1. The molecule has 0 heterocycles. The fraction of sp³-hybridized carbons (Fsp3) is 0.310. The smallest absolute Gasteiger partial charge is 0.264 e. The molecule has 1 N–H and O–H groups in total. The number of hydrogen-bond acceptors (Lipinski definition) is 6. The highest BCUT2D eigenvalue weighted by Crippen LogP contribution is 2.33. The lowest BCUT2D eigenvalue weighted by atomic mass is 10.1. The van der Waals surface area contributed by atoms with Crippen molar-refractivity contribution in [2.24, 2.45) is 0 Å². The SMILES string of the molecule is CCOc1ccccc1N(CC(=O)N(Cc1cccc(C)c1)[C@@H](C)C(=O)NC)S(=O)(=O)c1ccc(SC)cc1. The van der Waals surface area contributed by atoms with Gasteiger partial charge in [-0.1, -0.05) is 42.0 Å². The molecule has 3 rings (SSSR count). The largest absolute Gasteiger partial charge is 0.492 e. The van der Waals surface area contributed by atoms with Crippen LogP contribution in [0.3, 0.4) is 0 Å². The molecule has 0 saturated heterocycles. The highest BCUT2D eigenvalue weighted by molar-refractivity contribution is 7.98. The first-order valence-electron chi connectivity index (χ1n) is 12.6. The predicted molar refractivity (Wildman–Crippen MR) is 156 cm³/mol. The number of carbonyl (C=O) groups excluding carboxylic acids is 2.